The first-order chi connectivity index (χ1) is 12.2. The molecule has 3 N–H and O–H groups in total. The number of esters is 4. The van der Waals surface area contributed by atoms with Crippen LogP contribution >= 0.6 is 0 Å². The van der Waals surface area contributed by atoms with E-state index >= 15 is 0 Å². The van der Waals surface area contributed by atoms with E-state index in [4.69, 9.17) is 15.3 Å². The molecule has 0 saturated heterocycles. The lowest BCUT2D eigenvalue weighted by atomic mass is 10.2. The Balaban J connectivity index is -0.000000149. The number of hydrogen-bond acceptors (Lipinski definition) is 11. The van der Waals surface area contributed by atoms with Crippen LogP contribution in [-0.4, -0.2) is 81.0 Å². The fourth-order valence-corrected chi connectivity index (χ4v) is 0.990. The zero-order valence-electron chi connectivity index (χ0n) is 16.2. The number of carbonyl (C=O) groups excluding carboxylic acids is 4. The molecule has 0 aliphatic rings. The molecule has 0 saturated carbocycles. The molecule has 156 valence electrons. The highest BCUT2D eigenvalue weighted by Gasteiger charge is 2.23. The Morgan fingerprint density at radius 3 is 1.15 bits per heavy atom. The topological polar surface area (TPSA) is 166 Å². The van der Waals surface area contributed by atoms with Gasteiger partial charge in [-0.25, -0.2) is 0 Å². The van der Waals surface area contributed by atoms with Gasteiger partial charge in [0.1, 0.15) is 6.79 Å². The molecule has 11 nitrogen and oxygen atoms in total. The second kappa shape index (κ2) is 22.8. The molecule has 1 atom stereocenters. The van der Waals surface area contributed by atoms with Gasteiger partial charge in [0.15, 0.2) is 11.8 Å². The molecule has 0 radical (unpaired) electrons. The normalized spacial score (nSPS) is 9.50. The highest BCUT2D eigenvalue weighted by atomic mass is 16.6. The maximum Gasteiger partial charge on any atom is 0.320 e. The summed E-state index contributed by atoms with van der Waals surface area (Å²) in [5.74, 6) is -3.91. The second-order valence-corrected chi connectivity index (χ2v) is 3.91. The SMILES string of the molecule is CCOC(=O)C(C)C(=O)OC.CO.COC(=O)C(C)C(=O)OC.OCO. The molecule has 26 heavy (non-hydrogen) atoms. The lowest BCUT2D eigenvalue weighted by Crippen LogP contribution is -2.24. The lowest BCUT2D eigenvalue weighted by molar-refractivity contribution is -0.160. The van der Waals surface area contributed by atoms with Gasteiger partial charge in [-0.3, -0.25) is 19.2 Å². The quantitative estimate of drug-likeness (QED) is 0.226. The molecule has 0 heterocycles. The predicted molar refractivity (Wildman–Crippen MR) is 88.5 cm³/mol. The summed E-state index contributed by atoms with van der Waals surface area (Å²) in [6.07, 6.45) is 0. The van der Waals surface area contributed by atoms with Crippen molar-refractivity contribution in [2.24, 2.45) is 11.8 Å². The van der Waals surface area contributed by atoms with Crippen molar-refractivity contribution >= 4 is 23.9 Å². The largest absolute Gasteiger partial charge is 0.468 e. The first-order valence-electron chi connectivity index (χ1n) is 7.24. The number of ether oxygens (including phenoxy) is 4. The minimum Gasteiger partial charge on any atom is -0.468 e. The molecule has 0 bridgehead atoms. The van der Waals surface area contributed by atoms with Crippen LogP contribution in [0.1, 0.15) is 20.8 Å². The first-order valence-corrected chi connectivity index (χ1v) is 7.24. The van der Waals surface area contributed by atoms with Crippen LogP contribution < -0.4 is 0 Å². The van der Waals surface area contributed by atoms with Crippen molar-refractivity contribution in [1.29, 1.82) is 0 Å². The van der Waals surface area contributed by atoms with Crippen molar-refractivity contribution in [3.8, 4) is 0 Å². The molecule has 0 fully saturated rings. The fraction of sp³-hybridized carbons (Fsp3) is 0.733. The molecule has 0 aromatic heterocycles. The summed E-state index contributed by atoms with van der Waals surface area (Å²) in [7, 11) is 4.68. The summed E-state index contributed by atoms with van der Waals surface area (Å²) in [5, 5.41) is 21.2. The third kappa shape index (κ3) is 18.1. The molecule has 0 spiro atoms. The number of aliphatic hydroxyl groups is 3. The van der Waals surface area contributed by atoms with Crippen LogP contribution in [0.15, 0.2) is 0 Å². The van der Waals surface area contributed by atoms with Gasteiger partial charge in [0.05, 0.1) is 27.9 Å². The van der Waals surface area contributed by atoms with Crippen molar-refractivity contribution in [1.82, 2.24) is 0 Å². The minimum absolute atomic E-state index is 0.278. The van der Waals surface area contributed by atoms with Crippen LogP contribution in [-0.2, 0) is 38.1 Å². The summed E-state index contributed by atoms with van der Waals surface area (Å²) in [6.45, 7) is 4.09. The fourth-order valence-electron chi connectivity index (χ4n) is 0.990. The van der Waals surface area contributed by atoms with E-state index in [0.29, 0.717) is 0 Å². The Kier molecular flexibility index (Phi) is 27.6. The van der Waals surface area contributed by atoms with E-state index < -0.39 is 42.5 Å². The third-order valence-corrected chi connectivity index (χ3v) is 2.30. The smallest absolute Gasteiger partial charge is 0.320 e. The van der Waals surface area contributed by atoms with E-state index in [1.165, 1.54) is 35.2 Å². The van der Waals surface area contributed by atoms with Gasteiger partial charge in [-0.15, -0.1) is 0 Å². The summed E-state index contributed by atoms with van der Waals surface area (Å²) in [4.78, 5) is 42.7. The van der Waals surface area contributed by atoms with Crippen molar-refractivity contribution < 1.29 is 53.4 Å². The molecule has 0 aromatic rings. The van der Waals surface area contributed by atoms with Crippen LogP contribution in [0.4, 0.5) is 0 Å². The Bertz CT molecular complexity index is 366. The Labute approximate surface area is 152 Å². The van der Waals surface area contributed by atoms with Gasteiger partial charge in [-0.2, -0.15) is 0 Å². The Morgan fingerprint density at radius 2 is 0.962 bits per heavy atom. The molecule has 1 unspecified atom stereocenters. The van der Waals surface area contributed by atoms with Crippen molar-refractivity contribution in [2.45, 2.75) is 20.8 Å². The molecule has 0 aromatic carbocycles. The minimum atomic E-state index is -0.824. The van der Waals surface area contributed by atoms with E-state index in [1.54, 1.807) is 6.92 Å². The number of hydrogen-bond donors (Lipinski definition) is 3. The molecule has 0 aliphatic heterocycles. The molecule has 0 rings (SSSR count). The van der Waals surface area contributed by atoms with Crippen LogP contribution in [0.5, 0.6) is 0 Å². The van der Waals surface area contributed by atoms with Crippen molar-refractivity contribution in [3.63, 3.8) is 0 Å². The van der Waals surface area contributed by atoms with Gasteiger partial charge in [0, 0.05) is 7.11 Å². The monoisotopic (exact) mass is 386 g/mol. The van der Waals surface area contributed by atoms with Crippen LogP contribution in [0.3, 0.4) is 0 Å². The summed E-state index contributed by atoms with van der Waals surface area (Å²) < 4.78 is 17.5. The zero-order valence-corrected chi connectivity index (χ0v) is 16.2. The summed E-state index contributed by atoms with van der Waals surface area (Å²) in [6, 6.07) is 0. The zero-order chi connectivity index (χ0) is 21.7. The Morgan fingerprint density at radius 1 is 0.731 bits per heavy atom. The molecule has 0 aliphatic carbocycles. The van der Waals surface area contributed by atoms with E-state index in [9.17, 15) is 19.2 Å². The number of methoxy groups -OCH3 is 3. The number of rotatable bonds is 5. The van der Waals surface area contributed by atoms with E-state index in [0.717, 1.165) is 7.11 Å². The maximum atomic E-state index is 10.8. The van der Waals surface area contributed by atoms with Crippen LogP contribution in [0.2, 0.25) is 0 Å². The maximum absolute atomic E-state index is 10.8. The standard InChI is InChI=1S/C7H12O4.C6H10O4.CH4O2.CH4O/c1-4-11-7(9)5(2)6(8)10-3;1-4(5(7)9-2)6(8)10-3;2-1-3;1-2/h5H,4H2,1-3H3;4H,1-3H3;2-3H,1H2;2H,1H3. The van der Waals surface area contributed by atoms with Crippen molar-refractivity contribution in [2.75, 3.05) is 41.8 Å². The lowest BCUT2D eigenvalue weighted by Gasteiger charge is -2.06. The highest BCUT2D eigenvalue weighted by molar-refractivity contribution is 5.94. The average molecular weight is 386 g/mol. The Hall–Kier alpha value is -2.24. The van der Waals surface area contributed by atoms with Gasteiger partial charge < -0.3 is 34.3 Å². The molecule has 11 heteroatoms. The van der Waals surface area contributed by atoms with E-state index in [-0.39, 0.29) is 6.61 Å². The van der Waals surface area contributed by atoms with Crippen molar-refractivity contribution in [3.05, 3.63) is 0 Å². The second-order valence-electron chi connectivity index (χ2n) is 3.91. The third-order valence-electron chi connectivity index (χ3n) is 2.30. The van der Waals surface area contributed by atoms with Crippen LogP contribution in [0, 0.1) is 11.8 Å². The molecular formula is C15H30O11. The predicted octanol–water partition coefficient (Wildman–Crippen LogP) is -1.14. The van der Waals surface area contributed by atoms with Crippen LogP contribution in [0.25, 0.3) is 0 Å². The van der Waals surface area contributed by atoms with Gasteiger partial charge in [-0.05, 0) is 20.8 Å². The van der Waals surface area contributed by atoms with E-state index in [2.05, 4.69) is 18.9 Å². The highest BCUT2D eigenvalue weighted by Crippen LogP contribution is 2.00. The summed E-state index contributed by atoms with van der Waals surface area (Å²) >= 11 is 0. The molecule has 0 amide bonds. The van der Waals surface area contributed by atoms with E-state index in [1.807, 2.05) is 0 Å². The average Bonchev–Trinajstić information content (AvgIpc) is 2.67. The number of aliphatic hydroxyl groups excluding tert-OH is 2. The van der Waals surface area contributed by atoms with Gasteiger partial charge >= 0.3 is 23.9 Å². The van der Waals surface area contributed by atoms with Gasteiger partial charge in [0.2, 0.25) is 0 Å². The summed E-state index contributed by atoms with van der Waals surface area (Å²) in [5.41, 5.74) is 0. The first kappa shape index (κ1) is 31.5. The van der Waals surface area contributed by atoms with Gasteiger partial charge in [-0.1, -0.05) is 0 Å². The number of carbonyl (C=O) groups is 4. The van der Waals surface area contributed by atoms with Gasteiger partial charge in [0.25, 0.3) is 0 Å². The molecular weight excluding hydrogens is 356 g/mol.